The number of nitrogens with zero attached hydrogens (tertiary/aromatic N) is 1. The first-order valence-corrected chi connectivity index (χ1v) is 7.60. The number of halogens is 2. The van der Waals surface area contributed by atoms with Crippen LogP contribution in [0.25, 0.3) is 0 Å². The molecule has 8 heteroatoms. The quantitative estimate of drug-likeness (QED) is 0.814. The van der Waals surface area contributed by atoms with Crippen LogP contribution in [0.3, 0.4) is 0 Å². The van der Waals surface area contributed by atoms with Gasteiger partial charge in [0.25, 0.3) is 0 Å². The van der Waals surface area contributed by atoms with Gasteiger partial charge in [0.05, 0.1) is 6.10 Å². The van der Waals surface area contributed by atoms with Gasteiger partial charge in [-0.25, -0.2) is 17.2 Å². The van der Waals surface area contributed by atoms with Gasteiger partial charge in [-0.15, -0.1) is 0 Å². The number of hydrogen-bond donors (Lipinski definition) is 2. The summed E-state index contributed by atoms with van der Waals surface area (Å²) in [5, 5.41) is 9.47. The Morgan fingerprint density at radius 2 is 2.10 bits per heavy atom. The van der Waals surface area contributed by atoms with Gasteiger partial charge in [-0.2, -0.15) is 4.31 Å². The first kappa shape index (κ1) is 15.1. The van der Waals surface area contributed by atoms with E-state index in [1.54, 1.807) is 6.92 Å². The molecule has 5 nitrogen and oxygen atoms in total. The average Bonchev–Trinajstić information content (AvgIpc) is 2.83. The predicted molar refractivity (Wildman–Crippen MR) is 69.3 cm³/mol. The van der Waals surface area contributed by atoms with Crippen molar-refractivity contribution in [2.45, 2.75) is 24.3 Å². The van der Waals surface area contributed by atoms with Crippen molar-refractivity contribution >= 4 is 15.7 Å². The van der Waals surface area contributed by atoms with E-state index >= 15 is 0 Å². The molecule has 2 unspecified atom stereocenters. The molecule has 1 aromatic carbocycles. The van der Waals surface area contributed by atoms with Gasteiger partial charge in [-0.05, 0) is 31.4 Å². The molecule has 0 aromatic heterocycles. The van der Waals surface area contributed by atoms with E-state index in [4.69, 9.17) is 5.73 Å². The van der Waals surface area contributed by atoms with Crippen molar-refractivity contribution in [3.05, 3.63) is 23.8 Å². The highest BCUT2D eigenvalue weighted by molar-refractivity contribution is 7.89. The molecule has 1 aliphatic heterocycles. The second-order valence-electron chi connectivity index (χ2n) is 4.97. The number of nitrogens with two attached hydrogens (primary N) is 1. The zero-order valence-electron chi connectivity index (χ0n) is 10.9. The molecule has 1 saturated heterocycles. The summed E-state index contributed by atoms with van der Waals surface area (Å²) in [5.74, 6) is -2.94. The van der Waals surface area contributed by atoms with Crippen molar-refractivity contribution in [1.29, 1.82) is 0 Å². The zero-order valence-corrected chi connectivity index (χ0v) is 11.7. The minimum Gasteiger partial charge on any atom is -0.399 e. The summed E-state index contributed by atoms with van der Waals surface area (Å²) >= 11 is 0. The molecule has 1 heterocycles. The van der Waals surface area contributed by atoms with Gasteiger partial charge in [0.15, 0.2) is 11.6 Å². The fourth-order valence-corrected chi connectivity index (χ4v) is 3.90. The van der Waals surface area contributed by atoms with E-state index in [2.05, 4.69) is 0 Å². The van der Waals surface area contributed by atoms with Crippen LogP contribution in [-0.2, 0) is 10.0 Å². The Morgan fingerprint density at radius 1 is 1.45 bits per heavy atom. The molecule has 2 rings (SSSR count). The molecule has 112 valence electrons. The summed E-state index contributed by atoms with van der Waals surface area (Å²) in [4.78, 5) is -0.763. The van der Waals surface area contributed by atoms with Crippen LogP contribution in [-0.4, -0.2) is 37.0 Å². The van der Waals surface area contributed by atoms with Gasteiger partial charge in [-0.3, -0.25) is 0 Å². The first-order valence-electron chi connectivity index (χ1n) is 6.16. The first-order chi connectivity index (χ1) is 9.23. The molecule has 1 aromatic rings. The van der Waals surface area contributed by atoms with Gasteiger partial charge in [-0.1, -0.05) is 0 Å². The van der Waals surface area contributed by atoms with E-state index in [0.717, 1.165) is 16.4 Å². The van der Waals surface area contributed by atoms with E-state index in [-0.39, 0.29) is 24.7 Å². The number of anilines is 1. The summed E-state index contributed by atoms with van der Waals surface area (Å²) in [6, 6.07) is 1.64. The molecule has 0 bridgehead atoms. The minimum atomic E-state index is -4.15. The monoisotopic (exact) mass is 306 g/mol. The van der Waals surface area contributed by atoms with Crippen molar-refractivity contribution < 1.29 is 22.3 Å². The smallest absolute Gasteiger partial charge is 0.246 e. The molecule has 2 atom stereocenters. The molecule has 1 aliphatic rings. The van der Waals surface area contributed by atoms with Crippen molar-refractivity contribution in [2.24, 2.45) is 5.92 Å². The normalized spacial score (nSPS) is 22.1. The van der Waals surface area contributed by atoms with Gasteiger partial charge < -0.3 is 10.8 Å². The number of aliphatic hydroxyl groups excluding tert-OH is 1. The highest BCUT2D eigenvalue weighted by Crippen LogP contribution is 2.29. The van der Waals surface area contributed by atoms with E-state index in [9.17, 15) is 22.3 Å². The third-order valence-corrected chi connectivity index (χ3v) is 5.37. The Morgan fingerprint density at radius 3 is 2.65 bits per heavy atom. The topological polar surface area (TPSA) is 83.6 Å². The molecule has 0 saturated carbocycles. The fraction of sp³-hybridized carbons (Fsp3) is 0.500. The summed E-state index contributed by atoms with van der Waals surface area (Å²) in [7, 11) is -4.15. The minimum absolute atomic E-state index is 0.0792. The maximum Gasteiger partial charge on any atom is 0.246 e. The fourth-order valence-electron chi connectivity index (χ4n) is 2.28. The van der Waals surface area contributed by atoms with E-state index in [0.29, 0.717) is 6.42 Å². The van der Waals surface area contributed by atoms with Crippen molar-refractivity contribution in [3.8, 4) is 0 Å². The highest BCUT2D eigenvalue weighted by Gasteiger charge is 2.36. The number of hydrogen-bond acceptors (Lipinski definition) is 4. The number of benzene rings is 1. The van der Waals surface area contributed by atoms with Gasteiger partial charge in [0, 0.05) is 18.8 Å². The summed E-state index contributed by atoms with van der Waals surface area (Å²) in [6.07, 6.45) is -0.179. The van der Waals surface area contributed by atoms with Gasteiger partial charge in [0.2, 0.25) is 10.0 Å². The van der Waals surface area contributed by atoms with Crippen molar-refractivity contribution in [2.75, 3.05) is 18.8 Å². The van der Waals surface area contributed by atoms with E-state index in [1.165, 1.54) is 0 Å². The number of sulfonamides is 1. The average molecular weight is 306 g/mol. The lowest BCUT2D eigenvalue weighted by molar-refractivity contribution is 0.133. The molecule has 0 aliphatic carbocycles. The standard InChI is InChI=1S/C12H16F2N2O3S/c1-7(17)8-2-3-16(6-8)20(18,19)11-5-9(15)4-10(13)12(11)14/h4-5,7-8,17H,2-3,6,15H2,1H3. The zero-order chi connectivity index (χ0) is 15.1. The van der Waals surface area contributed by atoms with Crippen LogP contribution in [0.5, 0.6) is 0 Å². The summed E-state index contributed by atoms with van der Waals surface area (Å²) < 4.78 is 52.6. The Kier molecular flexibility index (Phi) is 3.99. The Hall–Kier alpha value is -1.25. The Bertz CT molecular complexity index is 619. The van der Waals surface area contributed by atoms with E-state index < -0.39 is 32.7 Å². The Labute approximate surface area is 116 Å². The van der Waals surface area contributed by atoms with Crippen LogP contribution in [0.2, 0.25) is 0 Å². The van der Waals surface area contributed by atoms with Gasteiger partial charge in [0.1, 0.15) is 4.90 Å². The highest BCUT2D eigenvalue weighted by atomic mass is 32.2. The van der Waals surface area contributed by atoms with Gasteiger partial charge >= 0.3 is 0 Å². The molecule has 1 fully saturated rings. The molecule has 3 N–H and O–H groups in total. The lowest BCUT2D eigenvalue weighted by Crippen LogP contribution is -2.31. The van der Waals surface area contributed by atoms with Crippen molar-refractivity contribution in [3.63, 3.8) is 0 Å². The number of rotatable bonds is 3. The molecular weight excluding hydrogens is 290 g/mol. The van der Waals surface area contributed by atoms with Crippen LogP contribution < -0.4 is 5.73 Å². The SMILES string of the molecule is CC(O)C1CCN(S(=O)(=O)c2cc(N)cc(F)c2F)C1. The summed E-state index contributed by atoms with van der Waals surface area (Å²) in [5.41, 5.74) is 5.21. The second-order valence-corrected chi connectivity index (χ2v) is 6.87. The summed E-state index contributed by atoms with van der Waals surface area (Å²) in [6.45, 7) is 1.81. The second kappa shape index (κ2) is 5.27. The maximum absolute atomic E-state index is 13.7. The number of aliphatic hydroxyl groups is 1. The molecule has 0 amide bonds. The number of nitrogen functional groups attached to an aromatic ring is 1. The van der Waals surface area contributed by atoms with Crippen LogP contribution >= 0.6 is 0 Å². The molecule has 0 radical (unpaired) electrons. The molecule has 20 heavy (non-hydrogen) atoms. The predicted octanol–water partition coefficient (Wildman–Crippen LogP) is 0.938. The van der Waals surface area contributed by atoms with Crippen molar-refractivity contribution in [1.82, 2.24) is 4.31 Å². The van der Waals surface area contributed by atoms with Crippen LogP contribution in [0.1, 0.15) is 13.3 Å². The van der Waals surface area contributed by atoms with E-state index in [1.807, 2.05) is 0 Å². The third kappa shape index (κ3) is 2.63. The largest absolute Gasteiger partial charge is 0.399 e. The van der Waals surface area contributed by atoms with Crippen LogP contribution in [0, 0.1) is 17.6 Å². The van der Waals surface area contributed by atoms with Crippen LogP contribution in [0.4, 0.5) is 14.5 Å². The van der Waals surface area contributed by atoms with Crippen LogP contribution in [0.15, 0.2) is 17.0 Å². The maximum atomic E-state index is 13.7. The molecular formula is C12H16F2N2O3S. The lowest BCUT2D eigenvalue weighted by atomic mass is 10.0. The molecule has 0 spiro atoms. The Balaban J connectivity index is 2.37. The third-order valence-electron chi connectivity index (χ3n) is 3.50. The lowest BCUT2D eigenvalue weighted by Gasteiger charge is -2.18.